The summed E-state index contributed by atoms with van der Waals surface area (Å²) in [6.07, 6.45) is 4.49. The molecule has 8 heteroatoms. The summed E-state index contributed by atoms with van der Waals surface area (Å²) in [5.41, 5.74) is 2.73. The fraction of sp³-hybridized carbons (Fsp3) is 0.500. The molecule has 1 aliphatic heterocycles. The number of piperidine rings is 1. The van der Waals surface area contributed by atoms with Gasteiger partial charge < -0.3 is 24.6 Å². The lowest BCUT2D eigenvalue weighted by molar-refractivity contribution is 0.194. The molecule has 8 nitrogen and oxygen atoms in total. The summed E-state index contributed by atoms with van der Waals surface area (Å²) >= 11 is 0. The molecule has 0 saturated carbocycles. The van der Waals surface area contributed by atoms with Crippen LogP contribution in [0.25, 0.3) is 10.9 Å². The first-order chi connectivity index (χ1) is 18.5. The van der Waals surface area contributed by atoms with Gasteiger partial charge in [0.1, 0.15) is 17.8 Å². The Bertz CT molecular complexity index is 1170. The molecule has 2 amide bonds. The van der Waals surface area contributed by atoms with Gasteiger partial charge in [0.05, 0.1) is 23.9 Å². The number of carbonyl (C=O) groups excluding carboxylic acids is 1. The van der Waals surface area contributed by atoms with Crippen LogP contribution in [0.1, 0.15) is 58.6 Å². The first-order valence-corrected chi connectivity index (χ1v) is 13.9. The zero-order valence-corrected chi connectivity index (χ0v) is 23.2. The van der Waals surface area contributed by atoms with Gasteiger partial charge in [-0.3, -0.25) is 0 Å². The van der Waals surface area contributed by atoms with E-state index in [9.17, 15) is 4.79 Å². The number of ether oxygens (including phenoxy) is 2. The van der Waals surface area contributed by atoms with Gasteiger partial charge in [0.15, 0.2) is 0 Å². The number of fused-ring (bicyclic) bond motifs is 1. The number of nitrogens with one attached hydrogen (secondary N) is 1. The number of rotatable bonds is 11. The van der Waals surface area contributed by atoms with Crippen LogP contribution in [0.3, 0.4) is 0 Å². The van der Waals surface area contributed by atoms with E-state index in [1.54, 1.807) is 6.33 Å². The van der Waals surface area contributed by atoms with Crippen LogP contribution in [0.4, 0.5) is 10.5 Å². The summed E-state index contributed by atoms with van der Waals surface area (Å²) in [6.45, 7) is 13.6. The van der Waals surface area contributed by atoms with Gasteiger partial charge in [-0.1, -0.05) is 13.8 Å². The van der Waals surface area contributed by atoms with Gasteiger partial charge in [-0.05, 0) is 82.6 Å². The third kappa shape index (κ3) is 7.34. The van der Waals surface area contributed by atoms with E-state index >= 15 is 0 Å². The van der Waals surface area contributed by atoms with Gasteiger partial charge >= 0.3 is 6.03 Å². The Morgan fingerprint density at radius 2 is 1.76 bits per heavy atom. The maximum atomic E-state index is 12.8. The number of anilines is 1. The number of carbonyl (C=O) groups is 1. The Hall–Kier alpha value is -3.39. The Morgan fingerprint density at radius 1 is 1.05 bits per heavy atom. The Kier molecular flexibility index (Phi) is 9.76. The van der Waals surface area contributed by atoms with Gasteiger partial charge in [-0.25, -0.2) is 14.8 Å². The maximum Gasteiger partial charge on any atom is 0.321 e. The summed E-state index contributed by atoms with van der Waals surface area (Å²) in [5, 5.41) is 4.07. The largest absolute Gasteiger partial charge is 0.493 e. The predicted octanol–water partition coefficient (Wildman–Crippen LogP) is 5.94. The summed E-state index contributed by atoms with van der Waals surface area (Å²) in [5.74, 6) is 1.93. The van der Waals surface area contributed by atoms with Gasteiger partial charge in [-0.15, -0.1) is 0 Å². The fourth-order valence-electron chi connectivity index (χ4n) is 4.94. The monoisotopic (exact) mass is 519 g/mol. The van der Waals surface area contributed by atoms with Gasteiger partial charge in [0, 0.05) is 42.7 Å². The highest BCUT2D eigenvalue weighted by molar-refractivity contribution is 5.89. The quantitative estimate of drug-likeness (QED) is 0.316. The van der Waals surface area contributed by atoms with E-state index in [2.05, 4.69) is 40.1 Å². The molecule has 0 aliphatic carbocycles. The summed E-state index contributed by atoms with van der Waals surface area (Å²) in [4.78, 5) is 26.3. The second-order valence-electron chi connectivity index (χ2n) is 10.0. The highest BCUT2D eigenvalue weighted by Gasteiger charge is 2.26. The molecule has 1 saturated heterocycles. The van der Waals surface area contributed by atoms with Crippen molar-refractivity contribution in [1.82, 2.24) is 19.8 Å². The van der Waals surface area contributed by atoms with Crippen LogP contribution >= 0.6 is 0 Å². The van der Waals surface area contributed by atoms with E-state index in [1.807, 2.05) is 55.1 Å². The predicted molar refractivity (Wildman–Crippen MR) is 152 cm³/mol. The lowest BCUT2D eigenvalue weighted by Crippen LogP contribution is -2.40. The van der Waals surface area contributed by atoms with Crippen molar-refractivity contribution in [2.24, 2.45) is 0 Å². The lowest BCUT2D eigenvalue weighted by atomic mass is 9.91. The summed E-state index contributed by atoms with van der Waals surface area (Å²) < 4.78 is 11.7. The first-order valence-electron chi connectivity index (χ1n) is 13.9. The van der Waals surface area contributed by atoms with Crippen LogP contribution < -0.4 is 14.8 Å². The third-order valence-electron chi connectivity index (χ3n) is 7.07. The molecule has 1 aromatic heterocycles. The minimum Gasteiger partial charge on any atom is -0.493 e. The van der Waals surface area contributed by atoms with Crippen LogP contribution in [0.2, 0.25) is 0 Å². The number of benzene rings is 2. The Balaban J connectivity index is 1.30. The number of amides is 2. The number of nitrogens with zero attached hydrogens (tertiary/aromatic N) is 4. The molecule has 2 heterocycles. The first kappa shape index (κ1) is 27.6. The van der Waals surface area contributed by atoms with E-state index in [-0.39, 0.29) is 18.1 Å². The van der Waals surface area contributed by atoms with Crippen molar-refractivity contribution in [3.05, 3.63) is 54.5 Å². The number of hydrogen-bond donors (Lipinski definition) is 1. The van der Waals surface area contributed by atoms with Crippen LogP contribution in [0, 0.1) is 0 Å². The highest BCUT2D eigenvalue weighted by atomic mass is 16.5. The minimum atomic E-state index is -0.0729. The van der Waals surface area contributed by atoms with Gasteiger partial charge in [0.25, 0.3) is 0 Å². The molecule has 4 rings (SSSR count). The fourth-order valence-corrected chi connectivity index (χ4v) is 4.94. The van der Waals surface area contributed by atoms with Crippen LogP contribution in [0.5, 0.6) is 11.5 Å². The van der Waals surface area contributed by atoms with Crippen molar-refractivity contribution in [2.45, 2.75) is 59.0 Å². The SMILES string of the molecule is CCN(CC)CCCOc1ccc2c(C3CCN(C(=O)Nc4ccc(OC(C)C)cc4)CC3)ncnc2c1. The number of likely N-dealkylation sites (tertiary alicyclic amines) is 1. The number of hydrogen-bond acceptors (Lipinski definition) is 6. The number of aromatic nitrogens is 2. The lowest BCUT2D eigenvalue weighted by Gasteiger charge is -2.32. The molecule has 0 spiro atoms. The van der Waals surface area contributed by atoms with Crippen molar-refractivity contribution in [3.63, 3.8) is 0 Å². The molecule has 1 N–H and O–H groups in total. The third-order valence-corrected chi connectivity index (χ3v) is 7.07. The average Bonchev–Trinajstić information content (AvgIpc) is 2.93. The molecule has 0 unspecified atom stereocenters. The van der Waals surface area contributed by atoms with Crippen molar-refractivity contribution in [3.8, 4) is 11.5 Å². The van der Waals surface area contributed by atoms with Crippen molar-refractivity contribution >= 4 is 22.6 Å². The zero-order valence-electron chi connectivity index (χ0n) is 23.2. The topological polar surface area (TPSA) is 79.8 Å². The molecule has 1 aliphatic rings. The average molecular weight is 520 g/mol. The summed E-state index contributed by atoms with van der Waals surface area (Å²) in [6, 6.07) is 13.5. The molecule has 0 bridgehead atoms. The molecule has 0 atom stereocenters. The van der Waals surface area contributed by atoms with E-state index in [0.717, 1.165) is 72.7 Å². The van der Waals surface area contributed by atoms with E-state index in [1.165, 1.54) is 0 Å². The molecule has 3 aromatic rings. The standard InChI is InChI=1S/C30H41N5O3/c1-5-34(6-2)16-7-19-37-26-12-13-27-28(20-26)31-21-32-29(27)23-14-17-35(18-15-23)30(36)33-24-8-10-25(11-9-24)38-22(3)4/h8-13,20-23H,5-7,14-19H2,1-4H3,(H,33,36). The Morgan fingerprint density at radius 3 is 2.45 bits per heavy atom. The Labute approximate surface area is 226 Å². The highest BCUT2D eigenvalue weighted by Crippen LogP contribution is 2.32. The summed E-state index contributed by atoms with van der Waals surface area (Å²) in [7, 11) is 0. The molecule has 38 heavy (non-hydrogen) atoms. The molecular weight excluding hydrogens is 478 g/mol. The second-order valence-corrected chi connectivity index (χ2v) is 10.0. The van der Waals surface area contributed by atoms with Crippen LogP contribution in [-0.4, -0.2) is 71.2 Å². The smallest absolute Gasteiger partial charge is 0.321 e. The van der Waals surface area contributed by atoms with Gasteiger partial charge in [-0.2, -0.15) is 0 Å². The molecule has 0 radical (unpaired) electrons. The van der Waals surface area contributed by atoms with Crippen molar-refractivity contribution in [1.29, 1.82) is 0 Å². The molecular formula is C30H41N5O3. The normalized spacial score (nSPS) is 14.3. The van der Waals surface area contributed by atoms with Gasteiger partial charge in [0.2, 0.25) is 0 Å². The number of urea groups is 1. The van der Waals surface area contributed by atoms with Crippen molar-refractivity contribution < 1.29 is 14.3 Å². The van der Waals surface area contributed by atoms with E-state index in [4.69, 9.17) is 9.47 Å². The van der Waals surface area contributed by atoms with Crippen LogP contribution in [0.15, 0.2) is 48.8 Å². The second kappa shape index (κ2) is 13.4. The van der Waals surface area contributed by atoms with E-state index < -0.39 is 0 Å². The zero-order chi connectivity index (χ0) is 26.9. The molecule has 1 fully saturated rings. The van der Waals surface area contributed by atoms with Crippen molar-refractivity contribution in [2.75, 3.05) is 44.6 Å². The minimum absolute atomic E-state index is 0.0729. The van der Waals surface area contributed by atoms with Crippen LogP contribution in [-0.2, 0) is 0 Å². The molecule has 204 valence electrons. The molecule has 2 aromatic carbocycles. The van der Waals surface area contributed by atoms with E-state index in [0.29, 0.717) is 19.7 Å². The maximum absolute atomic E-state index is 12.8.